The number of aromatic nitrogens is 4. The summed E-state index contributed by atoms with van der Waals surface area (Å²) in [4.78, 5) is 0. The van der Waals surface area contributed by atoms with Crippen molar-refractivity contribution >= 4 is 11.6 Å². The van der Waals surface area contributed by atoms with Crippen molar-refractivity contribution in [3.8, 4) is 0 Å². The molecule has 1 aromatic carbocycles. The van der Waals surface area contributed by atoms with Gasteiger partial charge in [0, 0.05) is 5.02 Å². The molecule has 0 aliphatic rings. The third kappa shape index (κ3) is 2.45. The number of nitrogens with zero attached hydrogens (tertiary/aromatic N) is 4. The van der Waals surface area contributed by atoms with Crippen molar-refractivity contribution in [3.63, 3.8) is 0 Å². The van der Waals surface area contributed by atoms with Crippen LogP contribution in [0, 0.1) is 0 Å². The summed E-state index contributed by atoms with van der Waals surface area (Å²) in [5.41, 5.74) is 6.86. The minimum Gasteiger partial charge on any atom is -0.322 e. The molecule has 0 radical (unpaired) electrons. The van der Waals surface area contributed by atoms with Gasteiger partial charge in [0.2, 0.25) is 0 Å². The molecule has 2 unspecified atom stereocenters. The first-order valence-electron chi connectivity index (χ1n) is 5.38. The van der Waals surface area contributed by atoms with Gasteiger partial charge in [-0.15, -0.1) is 5.10 Å². The lowest BCUT2D eigenvalue weighted by Crippen LogP contribution is -2.18. The predicted octanol–water partition coefficient (Wildman–Crippen LogP) is 1.96. The Labute approximate surface area is 105 Å². The molecule has 2 aromatic rings. The molecule has 0 saturated heterocycles. The molecule has 0 aliphatic carbocycles. The quantitative estimate of drug-likeness (QED) is 0.905. The second-order valence-corrected chi connectivity index (χ2v) is 4.44. The normalized spacial score (nSPS) is 14.6. The maximum absolute atomic E-state index is 5.97. The van der Waals surface area contributed by atoms with Gasteiger partial charge < -0.3 is 5.73 Å². The summed E-state index contributed by atoms with van der Waals surface area (Å²) >= 11 is 5.97. The third-order valence-corrected chi connectivity index (χ3v) is 2.86. The highest BCUT2D eigenvalue weighted by atomic mass is 35.5. The van der Waals surface area contributed by atoms with E-state index in [1.54, 1.807) is 4.68 Å². The first-order valence-corrected chi connectivity index (χ1v) is 5.76. The number of halogens is 1. The summed E-state index contributed by atoms with van der Waals surface area (Å²) in [6.45, 7) is 3.86. The Morgan fingerprint density at radius 2 is 2.12 bits per heavy atom. The van der Waals surface area contributed by atoms with Crippen LogP contribution in [0.2, 0.25) is 5.02 Å². The van der Waals surface area contributed by atoms with Gasteiger partial charge in [-0.25, -0.2) is 4.68 Å². The molecule has 1 heterocycles. The third-order valence-electron chi connectivity index (χ3n) is 2.62. The highest BCUT2D eigenvalue weighted by molar-refractivity contribution is 6.30. The van der Waals surface area contributed by atoms with E-state index < -0.39 is 0 Å². The van der Waals surface area contributed by atoms with Crippen LogP contribution in [0.3, 0.4) is 0 Å². The zero-order valence-corrected chi connectivity index (χ0v) is 10.5. The van der Waals surface area contributed by atoms with E-state index in [2.05, 4.69) is 15.5 Å². The Balaban J connectivity index is 2.37. The van der Waals surface area contributed by atoms with Gasteiger partial charge in [-0.1, -0.05) is 23.7 Å². The van der Waals surface area contributed by atoms with E-state index in [9.17, 15) is 0 Å². The zero-order chi connectivity index (χ0) is 12.4. The van der Waals surface area contributed by atoms with Crippen LogP contribution in [0.25, 0.3) is 0 Å². The van der Waals surface area contributed by atoms with Gasteiger partial charge in [0.15, 0.2) is 5.82 Å². The summed E-state index contributed by atoms with van der Waals surface area (Å²) in [7, 11) is 0. The Bertz CT molecular complexity index is 508. The van der Waals surface area contributed by atoms with E-state index >= 15 is 0 Å². The van der Waals surface area contributed by atoms with E-state index in [1.165, 1.54) is 0 Å². The Kier molecular flexibility index (Phi) is 3.40. The number of tetrazole rings is 1. The van der Waals surface area contributed by atoms with Crippen LogP contribution in [-0.2, 0) is 0 Å². The van der Waals surface area contributed by atoms with Crippen LogP contribution in [0.4, 0.5) is 0 Å². The number of nitrogens with two attached hydrogens (primary N) is 1. The molecule has 1 aromatic heterocycles. The number of benzene rings is 1. The Morgan fingerprint density at radius 1 is 1.35 bits per heavy atom. The van der Waals surface area contributed by atoms with Crippen molar-refractivity contribution in [3.05, 3.63) is 40.7 Å². The van der Waals surface area contributed by atoms with E-state index in [4.69, 9.17) is 17.3 Å². The summed E-state index contributed by atoms with van der Waals surface area (Å²) in [5.74, 6) is 0.664. The van der Waals surface area contributed by atoms with E-state index in [1.807, 2.05) is 38.1 Å². The highest BCUT2D eigenvalue weighted by Gasteiger charge is 2.17. The summed E-state index contributed by atoms with van der Waals surface area (Å²) < 4.78 is 1.72. The second-order valence-electron chi connectivity index (χ2n) is 4.00. The lowest BCUT2D eigenvalue weighted by atomic mass is 10.1. The molecular weight excluding hydrogens is 238 g/mol. The summed E-state index contributed by atoms with van der Waals surface area (Å²) in [5, 5.41) is 12.3. The molecular formula is C11H14ClN5. The molecule has 0 bridgehead atoms. The van der Waals surface area contributed by atoms with Crippen LogP contribution < -0.4 is 5.73 Å². The molecule has 17 heavy (non-hydrogen) atoms. The van der Waals surface area contributed by atoms with E-state index in [0.717, 1.165) is 5.56 Å². The molecule has 2 N–H and O–H groups in total. The topological polar surface area (TPSA) is 69.6 Å². The highest BCUT2D eigenvalue weighted by Crippen LogP contribution is 2.22. The number of hydrogen-bond donors (Lipinski definition) is 1. The zero-order valence-electron chi connectivity index (χ0n) is 9.71. The first kappa shape index (κ1) is 12.0. The van der Waals surface area contributed by atoms with E-state index in [-0.39, 0.29) is 12.1 Å². The molecule has 0 fully saturated rings. The van der Waals surface area contributed by atoms with Crippen molar-refractivity contribution in [1.82, 2.24) is 20.2 Å². The van der Waals surface area contributed by atoms with Gasteiger partial charge in [0.1, 0.15) is 0 Å². The van der Waals surface area contributed by atoms with Gasteiger partial charge in [-0.3, -0.25) is 0 Å². The van der Waals surface area contributed by atoms with Gasteiger partial charge in [-0.2, -0.15) is 0 Å². The summed E-state index contributed by atoms with van der Waals surface area (Å²) in [6.07, 6.45) is 0. The Hall–Kier alpha value is -1.46. The SMILES string of the molecule is CC(N)c1nnnn1C(C)c1cccc(Cl)c1. The lowest BCUT2D eigenvalue weighted by Gasteiger charge is -2.15. The van der Waals surface area contributed by atoms with Gasteiger partial charge in [0.05, 0.1) is 12.1 Å². The van der Waals surface area contributed by atoms with Crippen LogP contribution in [0.1, 0.15) is 37.3 Å². The molecule has 0 amide bonds. The molecule has 5 nitrogen and oxygen atoms in total. The fourth-order valence-electron chi connectivity index (χ4n) is 1.68. The summed E-state index contributed by atoms with van der Waals surface area (Å²) in [6, 6.07) is 7.44. The van der Waals surface area contributed by atoms with Crippen molar-refractivity contribution in [2.45, 2.75) is 25.9 Å². The minimum atomic E-state index is -0.202. The number of rotatable bonds is 3. The minimum absolute atomic E-state index is 0.00435. The van der Waals surface area contributed by atoms with Gasteiger partial charge in [-0.05, 0) is 42.0 Å². The van der Waals surface area contributed by atoms with Gasteiger partial charge in [0.25, 0.3) is 0 Å². The molecule has 2 atom stereocenters. The monoisotopic (exact) mass is 251 g/mol. The van der Waals surface area contributed by atoms with Crippen LogP contribution in [0.5, 0.6) is 0 Å². The lowest BCUT2D eigenvalue weighted by molar-refractivity contribution is 0.504. The van der Waals surface area contributed by atoms with Gasteiger partial charge >= 0.3 is 0 Å². The molecule has 2 rings (SSSR count). The first-order chi connectivity index (χ1) is 8.09. The standard InChI is InChI=1S/C11H14ClN5/c1-7(13)11-14-15-16-17(11)8(2)9-4-3-5-10(12)6-9/h3-8H,13H2,1-2H3. The van der Waals surface area contributed by atoms with Crippen LogP contribution in [0.15, 0.2) is 24.3 Å². The molecule has 90 valence electrons. The fraction of sp³-hybridized carbons (Fsp3) is 0.364. The number of hydrogen-bond acceptors (Lipinski definition) is 4. The van der Waals surface area contributed by atoms with Crippen LogP contribution in [-0.4, -0.2) is 20.2 Å². The fourth-order valence-corrected chi connectivity index (χ4v) is 1.88. The second kappa shape index (κ2) is 4.81. The van der Waals surface area contributed by atoms with Crippen molar-refractivity contribution in [2.24, 2.45) is 5.73 Å². The molecule has 0 saturated carbocycles. The van der Waals surface area contributed by atoms with Crippen LogP contribution >= 0.6 is 11.6 Å². The average Bonchev–Trinajstić information content (AvgIpc) is 2.77. The maximum atomic E-state index is 5.97. The molecule has 0 aliphatic heterocycles. The van der Waals surface area contributed by atoms with Crippen molar-refractivity contribution < 1.29 is 0 Å². The predicted molar refractivity (Wildman–Crippen MR) is 65.7 cm³/mol. The Morgan fingerprint density at radius 3 is 2.76 bits per heavy atom. The maximum Gasteiger partial charge on any atom is 0.168 e. The van der Waals surface area contributed by atoms with Crippen molar-refractivity contribution in [2.75, 3.05) is 0 Å². The molecule has 0 spiro atoms. The van der Waals surface area contributed by atoms with Crippen molar-refractivity contribution in [1.29, 1.82) is 0 Å². The molecule has 6 heteroatoms. The van der Waals surface area contributed by atoms with E-state index in [0.29, 0.717) is 10.8 Å². The smallest absolute Gasteiger partial charge is 0.168 e. The largest absolute Gasteiger partial charge is 0.322 e. The average molecular weight is 252 g/mol.